The first-order valence-electron chi connectivity index (χ1n) is 11.6. The Kier molecular flexibility index (Phi) is 6.01. The number of carbonyl (C=O) groups excluding carboxylic acids is 1. The Morgan fingerprint density at radius 1 is 1.19 bits per heavy atom. The molecule has 1 aromatic carbocycles. The second-order valence-corrected chi connectivity index (χ2v) is 9.01. The summed E-state index contributed by atoms with van der Waals surface area (Å²) < 4.78 is 17.2. The normalized spacial score (nSPS) is 26.7. The Hall–Kier alpha value is -2.31. The largest absolute Gasteiger partial charge is 0.472 e. The van der Waals surface area contributed by atoms with E-state index >= 15 is 0 Å². The fourth-order valence-corrected chi connectivity index (χ4v) is 5.47. The predicted molar refractivity (Wildman–Crippen MR) is 118 cm³/mol. The van der Waals surface area contributed by atoms with Gasteiger partial charge in [-0.1, -0.05) is 37.5 Å². The van der Waals surface area contributed by atoms with Crippen molar-refractivity contribution in [2.24, 2.45) is 5.92 Å². The smallest absolute Gasteiger partial charge is 0.337 e. The zero-order chi connectivity index (χ0) is 21.2. The molecule has 0 radical (unpaired) electrons. The van der Waals surface area contributed by atoms with Crippen molar-refractivity contribution in [1.82, 2.24) is 10.3 Å². The standard InChI is InChI=1S/C25H32N2O4/c1-29-25(28)20-15-30-23(31-17-7-3-2-4-8-17)14-16(20)13-22-24-19(11-12-26-22)18-9-5-6-10-21(18)27-24/h5-6,9-10,15-17,22-23,26-27H,2-4,7-8,11-14H2,1H3/t16-,22-,23?/m0/s1. The summed E-state index contributed by atoms with van der Waals surface area (Å²) in [5, 5.41) is 4.97. The number of H-pyrrole nitrogens is 1. The molecule has 1 unspecified atom stereocenters. The maximum absolute atomic E-state index is 12.5. The lowest BCUT2D eigenvalue weighted by atomic mass is 9.85. The van der Waals surface area contributed by atoms with Gasteiger partial charge in [-0.3, -0.25) is 0 Å². The summed E-state index contributed by atoms with van der Waals surface area (Å²) in [6.07, 6.45) is 9.97. The van der Waals surface area contributed by atoms with Crippen LogP contribution in [0.1, 0.15) is 62.2 Å². The maximum Gasteiger partial charge on any atom is 0.337 e. The average molecular weight is 425 g/mol. The van der Waals surface area contributed by atoms with E-state index in [-0.39, 0.29) is 30.3 Å². The zero-order valence-corrected chi connectivity index (χ0v) is 18.2. The van der Waals surface area contributed by atoms with Crippen LogP contribution in [-0.2, 0) is 25.4 Å². The van der Waals surface area contributed by atoms with Crippen LogP contribution < -0.4 is 5.32 Å². The number of ether oxygens (including phenoxy) is 3. The van der Waals surface area contributed by atoms with Gasteiger partial charge in [0.1, 0.15) is 0 Å². The molecule has 6 heteroatoms. The number of fused-ring (bicyclic) bond motifs is 3. The SMILES string of the molecule is COC(=O)C1=COC(OC2CCCCC2)C[C@@H]1C[C@@H]1NCCc2c1[nH]c1ccccc21. The number of carbonyl (C=O) groups is 1. The third kappa shape index (κ3) is 4.23. The van der Waals surface area contributed by atoms with E-state index in [1.54, 1.807) is 6.26 Å². The monoisotopic (exact) mass is 424 g/mol. The lowest BCUT2D eigenvalue weighted by molar-refractivity contribution is -0.166. The summed E-state index contributed by atoms with van der Waals surface area (Å²) in [6.45, 7) is 0.933. The molecule has 6 nitrogen and oxygen atoms in total. The molecule has 1 aliphatic carbocycles. The van der Waals surface area contributed by atoms with Crippen molar-refractivity contribution in [2.45, 2.75) is 69.8 Å². The minimum Gasteiger partial charge on any atom is -0.472 e. The molecule has 5 rings (SSSR count). The highest BCUT2D eigenvalue weighted by atomic mass is 16.7. The number of nitrogens with one attached hydrogen (secondary N) is 2. The predicted octanol–water partition coefficient (Wildman–Crippen LogP) is 4.51. The van der Waals surface area contributed by atoms with Gasteiger partial charge in [0.15, 0.2) is 6.29 Å². The minimum absolute atomic E-state index is 0.0182. The molecule has 3 aliphatic rings. The number of hydrogen-bond acceptors (Lipinski definition) is 5. The van der Waals surface area contributed by atoms with Crippen molar-refractivity contribution in [3.63, 3.8) is 0 Å². The average Bonchev–Trinajstić information content (AvgIpc) is 3.19. The first-order valence-corrected chi connectivity index (χ1v) is 11.6. The van der Waals surface area contributed by atoms with E-state index in [4.69, 9.17) is 14.2 Å². The van der Waals surface area contributed by atoms with Crippen molar-refractivity contribution in [2.75, 3.05) is 13.7 Å². The molecule has 0 bridgehead atoms. The molecule has 2 N–H and O–H groups in total. The van der Waals surface area contributed by atoms with Crippen molar-refractivity contribution in [1.29, 1.82) is 0 Å². The van der Waals surface area contributed by atoms with Crippen LogP contribution in [-0.4, -0.2) is 37.0 Å². The number of hydrogen-bond donors (Lipinski definition) is 2. The summed E-state index contributed by atoms with van der Waals surface area (Å²) >= 11 is 0. The van der Waals surface area contributed by atoms with Gasteiger partial charge in [0, 0.05) is 35.0 Å². The first kappa shape index (κ1) is 20.6. The van der Waals surface area contributed by atoms with E-state index in [1.165, 1.54) is 48.5 Å². The van der Waals surface area contributed by atoms with E-state index in [9.17, 15) is 4.79 Å². The van der Waals surface area contributed by atoms with Gasteiger partial charge in [0.25, 0.3) is 0 Å². The van der Waals surface area contributed by atoms with Crippen molar-refractivity contribution < 1.29 is 19.0 Å². The van der Waals surface area contributed by atoms with Crippen LogP contribution in [0.2, 0.25) is 0 Å². The second-order valence-electron chi connectivity index (χ2n) is 9.01. The van der Waals surface area contributed by atoms with Gasteiger partial charge in [0.2, 0.25) is 0 Å². The number of benzene rings is 1. The number of methoxy groups -OCH3 is 1. The van der Waals surface area contributed by atoms with E-state index < -0.39 is 0 Å². The number of aromatic nitrogens is 1. The van der Waals surface area contributed by atoms with Crippen molar-refractivity contribution >= 4 is 16.9 Å². The molecule has 0 spiro atoms. The van der Waals surface area contributed by atoms with Crippen LogP contribution in [0.3, 0.4) is 0 Å². The van der Waals surface area contributed by atoms with Gasteiger partial charge >= 0.3 is 5.97 Å². The summed E-state index contributed by atoms with van der Waals surface area (Å²) in [7, 11) is 1.43. The van der Waals surface area contributed by atoms with E-state index in [0.29, 0.717) is 12.0 Å². The van der Waals surface area contributed by atoms with Gasteiger partial charge in [-0.25, -0.2) is 4.79 Å². The molecule has 166 valence electrons. The summed E-state index contributed by atoms with van der Waals surface area (Å²) in [5.74, 6) is -0.293. The topological polar surface area (TPSA) is 72.6 Å². The third-order valence-corrected chi connectivity index (χ3v) is 7.06. The molecule has 3 atom stereocenters. The zero-order valence-electron chi connectivity index (χ0n) is 18.2. The van der Waals surface area contributed by atoms with E-state index in [1.807, 2.05) is 0 Å². The highest BCUT2D eigenvalue weighted by molar-refractivity contribution is 5.89. The quantitative estimate of drug-likeness (QED) is 0.691. The summed E-state index contributed by atoms with van der Waals surface area (Å²) in [5.41, 5.74) is 4.42. The van der Waals surface area contributed by atoms with Crippen LogP contribution in [0.5, 0.6) is 0 Å². The molecule has 0 amide bonds. The molecule has 1 aromatic heterocycles. The first-order chi connectivity index (χ1) is 15.2. The fourth-order valence-electron chi connectivity index (χ4n) is 5.47. The number of para-hydroxylation sites is 1. The van der Waals surface area contributed by atoms with Crippen molar-refractivity contribution in [3.05, 3.63) is 47.4 Å². The third-order valence-electron chi connectivity index (χ3n) is 7.06. The second kappa shape index (κ2) is 9.05. The maximum atomic E-state index is 12.5. The van der Waals surface area contributed by atoms with Crippen LogP contribution in [0.15, 0.2) is 36.1 Å². The Balaban J connectivity index is 1.36. The van der Waals surface area contributed by atoms with Gasteiger partial charge in [-0.2, -0.15) is 0 Å². The highest BCUT2D eigenvalue weighted by Gasteiger charge is 2.36. The fraction of sp³-hybridized carbons (Fsp3) is 0.560. The molecule has 2 aromatic rings. The van der Waals surface area contributed by atoms with Gasteiger partial charge < -0.3 is 24.5 Å². The summed E-state index contributed by atoms with van der Waals surface area (Å²) in [4.78, 5) is 16.1. The molecule has 0 saturated heterocycles. The Morgan fingerprint density at radius 3 is 2.87 bits per heavy atom. The lowest BCUT2D eigenvalue weighted by Gasteiger charge is -2.35. The van der Waals surface area contributed by atoms with E-state index in [0.717, 1.165) is 32.2 Å². The number of esters is 1. The highest BCUT2D eigenvalue weighted by Crippen LogP contribution is 2.38. The summed E-state index contributed by atoms with van der Waals surface area (Å²) in [6, 6.07) is 8.64. The molecule has 3 heterocycles. The Morgan fingerprint density at radius 2 is 2.03 bits per heavy atom. The number of aromatic amines is 1. The molecule has 31 heavy (non-hydrogen) atoms. The Labute approximate surface area is 183 Å². The molecule has 2 aliphatic heterocycles. The van der Waals surface area contributed by atoms with Crippen LogP contribution in [0, 0.1) is 5.92 Å². The Bertz CT molecular complexity index is 960. The van der Waals surface area contributed by atoms with Gasteiger partial charge in [0.05, 0.1) is 25.0 Å². The molecular weight excluding hydrogens is 392 g/mol. The van der Waals surface area contributed by atoms with E-state index in [2.05, 4.69) is 34.6 Å². The van der Waals surface area contributed by atoms with Crippen LogP contribution >= 0.6 is 0 Å². The molecule has 1 saturated carbocycles. The molecular formula is C25H32N2O4. The van der Waals surface area contributed by atoms with Crippen molar-refractivity contribution in [3.8, 4) is 0 Å². The minimum atomic E-state index is -0.311. The van der Waals surface area contributed by atoms with Crippen LogP contribution in [0.4, 0.5) is 0 Å². The van der Waals surface area contributed by atoms with Crippen LogP contribution in [0.25, 0.3) is 10.9 Å². The number of rotatable bonds is 5. The lowest BCUT2D eigenvalue weighted by Crippen LogP contribution is -2.36. The molecule has 1 fully saturated rings. The van der Waals surface area contributed by atoms with Gasteiger partial charge in [-0.15, -0.1) is 0 Å². The van der Waals surface area contributed by atoms with Gasteiger partial charge in [-0.05, 0) is 43.9 Å².